The first-order chi connectivity index (χ1) is 11.2. The Balaban J connectivity index is 1.97. The van der Waals surface area contributed by atoms with Gasteiger partial charge in [-0.2, -0.15) is 5.10 Å². The lowest BCUT2D eigenvalue weighted by Crippen LogP contribution is -2.02. The Morgan fingerprint density at radius 2 is 1.78 bits per heavy atom. The third kappa shape index (κ3) is 2.39. The lowest BCUT2D eigenvalue weighted by Gasteiger charge is -2.08. The number of rotatable bonds is 2. The minimum Gasteiger partial charge on any atom is -0.366 e. The van der Waals surface area contributed by atoms with Crippen LogP contribution in [0.3, 0.4) is 0 Å². The van der Waals surface area contributed by atoms with E-state index in [9.17, 15) is 0 Å². The van der Waals surface area contributed by atoms with E-state index in [0.29, 0.717) is 16.4 Å². The number of nitrogens with zero attached hydrogens (tertiary/aromatic N) is 4. The number of hydrogen-bond acceptors (Lipinski definition) is 5. The first kappa shape index (κ1) is 13.7. The molecule has 0 saturated carbocycles. The van der Waals surface area contributed by atoms with Crippen LogP contribution in [0.4, 0.5) is 5.95 Å². The third-order valence-corrected chi connectivity index (χ3v) is 3.82. The molecule has 7 heteroatoms. The highest BCUT2D eigenvalue weighted by atomic mass is 35.5. The fraction of sp³-hybridized carbons (Fsp3) is 0. The highest BCUT2D eigenvalue weighted by molar-refractivity contribution is 6.35. The second-order valence-electron chi connectivity index (χ2n) is 5.03. The van der Waals surface area contributed by atoms with Crippen molar-refractivity contribution in [2.45, 2.75) is 0 Å². The van der Waals surface area contributed by atoms with Gasteiger partial charge < -0.3 is 5.73 Å². The first-order valence-electron chi connectivity index (χ1n) is 6.91. The fourth-order valence-electron chi connectivity index (χ4n) is 2.48. The van der Waals surface area contributed by atoms with Gasteiger partial charge in [-0.25, -0.2) is 4.98 Å². The minimum absolute atomic E-state index is 0.128. The van der Waals surface area contributed by atoms with E-state index in [0.717, 1.165) is 22.0 Å². The van der Waals surface area contributed by atoms with Crippen LogP contribution in [0.15, 0.2) is 48.7 Å². The van der Waals surface area contributed by atoms with Gasteiger partial charge in [0.05, 0.1) is 16.7 Å². The SMILES string of the molecule is Nc1nnc(-c2cc(Cl)c3[nH]ncc3c2)c(-c2ccccc2)n1. The van der Waals surface area contributed by atoms with Crippen LogP contribution in [0.25, 0.3) is 33.4 Å². The molecule has 0 aliphatic rings. The van der Waals surface area contributed by atoms with Crippen molar-refractivity contribution >= 4 is 28.5 Å². The molecule has 112 valence electrons. The summed E-state index contributed by atoms with van der Waals surface area (Å²) in [4.78, 5) is 4.35. The molecule has 4 rings (SSSR count). The van der Waals surface area contributed by atoms with Crippen molar-refractivity contribution in [1.29, 1.82) is 0 Å². The highest BCUT2D eigenvalue weighted by Gasteiger charge is 2.15. The molecule has 0 radical (unpaired) electrons. The summed E-state index contributed by atoms with van der Waals surface area (Å²) in [6, 6.07) is 13.5. The number of fused-ring (bicyclic) bond motifs is 1. The van der Waals surface area contributed by atoms with Crippen LogP contribution < -0.4 is 5.73 Å². The summed E-state index contributed by atoms with van der Waals surface area (Å²) < 4.78 is 0. The summed E-state index contributed by atoms with van der Waals surface area (Å²) in [6.07, 6.45) is 1.71. The Kier molecular flexibility index (Phi) is 3.17. The number of nitrogens with one attached hydrogen (secondary N) is 1. The Labute approximate surface area is 136 Å². The molecule has 0 spiro atoms. The summed E-state index contributed by atoms with van der Waals surface area (Å²) in [6.45, 7) is 0. The molecule has 0 fully saturated rings. The third-order valence-electron chi connectivity index (χ3n) is 3.52. The van der Waals surface area contributed by atoms with Gasteiger partial charge in [-0.3, -0.25) is 5.10 Å². The number of H-pyrrole nitrogens is 1. The molecule has 0 aliphatic heterocycles. The van der Waals surface area contributed by atoms with Crippen LogP contribution in [-0.2, 0) is 0 Å². The van der Waals surface area contributed by atoms with E-state index in [4.69, 9.17) is 17.3 Å². The number of hydrogen-bond donors (Lipinski definition) is 2. The first-order valence-corrected chi connectivity index (χ1v) is 7.29. The molecule has 2 heterocycles. The molecule has 0 amide bonds. The van der Waals surface area contributed by atoms with E-state index in [2.05, 4.69) is 25.4 Å². The van der Waals surface area contributed by atoms with Crippen LogP contribution in [0, 0.1) is 0 Å². The quantitative estimate of drug-likeness (QED) is 0.590. The smallest absolute Gasteiger partial charge is 0.240 e. The van der Waals surface area contributed by atoms with Gasteiger partial charge in [-0.15, -0.1) is 10.2 Å². The maximum Gasteiger partial charge on any atom is 0.240 e. The van der Waals surface area contributed by atoms with Crippen molar-refractivity contribution in [1.82, 2.24) is 25.4 Å². The molecule has 4 aromatic rings. The van der Waals surface area contributed by atoms with E-state index in [-0.39, 0.29) is 5.95 Å². The number of anilines is 1. The number of aromatic nitrogens is 5. The maximum absolute atomic E-state index is 6.32. The van der Waals surface area contributed by atoms with E-state index in [1.165, 1.54) is 0 Å². The largest absolute Gasteiger partial charge is 0.366 e. The van der Waals surface area contributed by atoms with Crippen LogP contribution in [0.1, 0.15) is 0 Å². The van der Waals surface area contributed by atoms with E-state index in [1.54, 1.807) is 6.20 Å². The summed E-state index contributed by atoms with van der Waals surface area (Å²) in [5.41, 5.74) is 9.51. The minimum atomic E-state index is 0.128. The van der Waals surface area contributed by atoms with Gasteiger partial charge >= 0.3 is 0 Å². The average molecular weight is 323 g/mol. The van der Waals surface area contributed by atoms with Gasteiger partial charge in [0.2, 0.25) is 5.95 Å². The van der Waals surface area contributed by atoms with Gasteiger partial charge in [0.15, 0.2) is 0 Å². The molecule has 0 aliphatic carbocycles. The predicted octanol–water partition coefficient (Wildman–Crippen LogP) is 3.32. The standard InChI is InChI=1S/C16H11ClN6/c17-12-7-10(6-11-8-19-21-13(11)12)15-14(20-16(18)23-22-15)9-4-2-1-3-5-9/h1-8H,(H,19,21)(H2,18,20,23). The van der Waals surface area contributed by atoms with Crippen LogP contribution in [0.5, 0.6) is 0 Å². The number of benzene rings is 2. The van der Waals surface area contributed by atoms with E-state index >= 15 is 0 Å². The zero-order valence-corrected chi connectivity index (χ0v) is 12.6. The summed E-state index contributed by atoms with van der Waals surface area (Å²) in [5, 5.41) is 16.5. The number of nitrogen functional groups attached to an aromatic ring is 1. The fourth-order valence-corrected chi connectivity index (χ4v) is 2.75. The van der Waals surface area contributed by atoms with Crippen molar-refractivity contribution in [2.75, 3.05) is 5.73 Å². The molecular formula is C16H11ClN6. The second-order valence-corrected chi connectivity index (χ2v) is 5.43. The van der Waals surface area contributed by atoms with Crippen LogP contribution in [0.2, 0.25) is 5.02 Å². The molecule has 0 bridgehead atoms. The molecule has 2 aromatic carbocycles. The topological polar surface area (TPSA) is 93.4 Å². The number of nitrogens with two attached hydrogens (primary N) is 1. The van der Waals surface area contributed by atoms with Crippen molar-refractivity contribution in [3.05, 3.63) is 53.7 Å². The van der Waals surface area contributed by atoms with Gasteiger partial charge in [0.1, 0.15) is 11.4 Å². The molecule has 23 heavy (non-hydrogen) atoms. The lowest BCUT2D eigenvalue weighted by atomic mass is 10.0. The molecule has 2 aromatic heterocycles. The van der Waals surface area contributed by atoms with Gasteiger partial charge in [-0.05, 0) is 12.1 Å². The molecule has 0 unspecified atom stereocenters. The van der Waals surface area contributed by atoms with Crippen LogP contribution >= 0.6 is 11.6 Å². The Hall–Kier alpha value is -2.99. The maximum atomic E-state index is 6.32. The average Bonchev–Trinajstić information content (AvgIpc) is 3.05. The van der Waals surface area contributed by atoms with Gasteiger partial charge in [0.25, 0.3) is 0 Å². The number of halogens is 1. The zero-order valence-electron chi connectivity index (χ0n) is 11.9. The second kappa shape index (κ2) is 5.33. The Morgan fingerprint density at radius 3 is 2.61 bits per heavy atom. The lowest BCUT2D eigenvalue weighted by molar-refractivity contribution is 0.997. The van der Waals surface area contributed by atoms with Gasteiger partial charge in [-0.1, -0.05) is 41.9 Å². The molecule has 0 saturated heterocycles. The molecule has 3 N–H and O–H groups in total. The Bertz CT molecular complexity index is 996. The summed E-state index contributed by atoms with van der Waals surface area (Å²) >= 11 is 6.32. The van der Waals surface area contributed by atoms with E-state index < -0.39 is 0 Å². The Morgan fingerprint density at radius 1 is 0.957 bits per heavy atom. The molecule has 0 atom stereocenters. The number of aromatic amines is 1. The van der Waals surface area contributed by atoms with Crippen molar-refractivity contribution in [2.24, 2.45) is 0 Å². The van der Waals surface area contributed by atoms with Crippen molar-refractivity contribution in [3.63, 3.8) is 0 Å². The van der Waals surface area contributed by atoms with Gasteiger partial charge in [0, 0.05) is 16.5 Å². The predicted molar refractivity (Wildman–Crippen MR) is 89.8 cm³/mol. The summed E-state index contributed by atoms with van der Waals surface area (Å²) in [7, 11) is 0. The van der Waals surface area contributed by atoms with Crippen molar-refractivity contribution in [3.8, 4) is 22.5 Å². The van der Waals surface area contributed by atoms with E-state index in [1.807, 2.05) is 42.5 Å². The summed E-state index contributed by atoms with van der Waals surface area (Å²) in [5.74, 6) is 0.128. The molecule has 6 nitrogen and oxygen atoms in total. The monoisotopic (exact) mass is 322 g/mol. The highest BCUT2D eigenvalue weighted by Crippen LogP contribution is 2.33. The normalized spacial score (nSPS) is 11.0. The van der Waals surface area contributed by atoms with Crippen LogP contribution in [-0.4, -0.2) is 25.4 Å². The van der Waals surface area contributed by atoms with Crippen molar-refractivity contribution < 1.29 is 0 Å². The zero-order chi connectivity index (χ0) is 15.8. The molecular weight excluding hydrogens is 312 g/mol.